The summed E-state index contributed by atoms with van der Waals surface area (Å²) in [6, 6.07) is 13.4. The lowest BCUT2D eigenvalue weighted by atomic mass is 9.99. The van der Waals surface area contributed by atoms with E-state index in [2.05, 4.69) is 10.1 Å². The molecule has 0 spiro atoms. The van der Waals surface area contributed by atoms with E-state index in [0.29, 0.717) is 28.6 Å². The summed E-state index contributed by atoms with van der Waals surface area (Å²) >= 11 is 0. The van der Waals surface area contributed by atoms with Gasteiger partial charge >= 0.3 is 11.3 Å². The zero-order valence-electron chi connectivity index (χ0n) is 16.7. The third kappa shape index (κ3) is 3.44. The van der Waals surface area contributed by atoms with Crippen molar-refractivity contribution in [2.45, 2.75) is 20.4 Å². The quantitative estimate of drug-likeness (QED) is 0.338. The van der Waals surface area contributed by atoms with Crippen molar-refractivity contribution in [1.82, 2.24) is 4.90 Å². The molecule has 0 N–H and O–H groups in total. The van der Waals surface area contributed by atoms with Gasteiger partial charge in [0, 0.05) is 34.5 Å². The predicted molar refractivity (Wildman–Crippen MR) is 116 cm³/mol. The third-order valence-electron chi connectivity index (χ3n) is 5.30. The van der Waals surface area contributed by atoms with Gasteiger partial charge in [-0.1, -0.05) is 32.0 Å². The Balaban J connectivity index is 2.03. The summed E-state index contributed by atoms with van der Waals surface area (Å²) in [5.74, 6) is 0. The zero-order chi connectivity index (χ0) is 21.3. The van der Waals surface area contributed by atoms with Gasteiger partial charge in [-0.3, -0.25) is 4.90 Å². The number of rotatable bonds is 6. The van der Waals surface area contributed by atoms with Gasteiger partial charge in [0.2, 0.25) is 0 Å². The number of hydrogen-bond donors (Lipinski definition) is 0. The number of nitroso groups, excluding NO2 is 1. The Morgan fingerprint density at radius 3 is 2.43 bits per heavy atom. The van der Waals surface area contributed by atoms with E-state index in [4.69, 9.17) is 8.83 Å². The van der Waals surface area contributed by atoms with Gasteiger partial charge in [-0.25, -0.2) is 9.59 Å². The Labute approximate surface area is 171 Å². The second-order valence-corrected chi connectivity index (χ2v) is 6.96. The molecule has 2 aromatic heterocycles. The first kappa shape index (κ1) is 19.7. The smallest absolute Gasteiger partial charge is 0.344 e. The highest BCUT2D eigenvalue weighted by Crippen LogP contribution is 2.34. The molecule has 152 valence electrons. The van der Waals surface area contributed by atoms with Crippen LogP contribution in [0.1, 0.15) is 19.4 Å². The molecular weight excluding hydrogens is 384 g/mol. The predicted octanol–water partition coefficient (Wildman–Crippen LogP) is 4.81. The molecule has 0 aliphatic rings. The second kappa shape index (κ2) is 8.04. The molecule has 7 nitrogen and oxygen atoms in total. The SMILES string of the molecule is CCN(CC)Cc1c(N=O)ccc2c(-c3cc4ccccc4oc3=O)cc(=O)oc12. The van der Waals surface area contributed by atoms with Crippen molar-refractivity contribution < 1.29 is 8.83 Å². The van der Waals surface area contributed by atoms with E-state index >= 15 is 0 Å². The summed E-state index contributed by atoms with van der Waals surface area (Å²) in [5.41, 5.74) is 0.946. The molecule has 0 saturated heterocycles. The Kier molecular flexibility index (Phi) is 5.29. The fourth-order valence-corrected chi connectivity index (χ4v) is 3.65. The first-order valence-corrected chi connectivity index (χ1v) is 9.74. The Bertz CT molecular complexity index is 1370. The maximum atomic E-state index is 12.7. The molecule has 0 bridgehead atoms. The fraction of sp³-hybridized carbons (Fsp3) is 0.217. The summed E-state index contributed by atoms with van der Waals surface area (Å²) in [7, 11) is 0. The van der Waals surface area contributed by atoms with E-state index in [1.807, 2.05) is 26.0 Å². The lowest BCUT2D eigenvalue weighted by molar-refractivity contribution is 0.295. The molecule has 2 heterocycles. The first-order valence-electron chi connectivity index (χ1n) is 9.74. The molecule has 0 saturated carbocycles. The topological polar surface area (TPSA) is 93.1 Å². The summed E-state index contributed by atoms with van der Waals surface area (Å²) in [5, 5.41) is 4.40. The lowest BCUT2D eigenvalue weighted by Crippen LogP contribution is -2.22. The first-order chi connectivity index (χ1) is 14.5. The van der Waals surface area contributed by atoms with E-state index in [1.165, 1.54) is 6.07 Å². The van der Waals surface area contributed by atoms with Gasteiger partial charge in [-0.15, -0.1) is 4.91 Å². The molecule has 4 rings (SSSR count). The number of hydrogen-bond acceptors (Lipinski definition) is 7. The van der Waals surface area contributed by atoms with Crippen LogP contribution in [0.4, 0.5) is 5.69 Å². The maximum absolute atomic E-state index is 12.7. The van der Waals surface area contributed by atoms with E-state index in [-0.39, 0.29) is 16.8 Å². The van der Waals surface area contributed by atoms with Gasteiger partial charge in [-0.2, -0.15) is 0 Å². The van der Waals surface area contributed by atoms with Crippen LogP contribution in [0, 0.1) is 4.91 Å². The summed E-state index contributed by atoms with van der Waals surface area (Å²) in [6.07, 6.45) is 0. The summed E-state index contributed by atoms with van der Waals surface area (Å²) in [4.78, 5) is 38.6. The molecule has 0 unspecified atom stereocenters. The second-order valence-electron chi connectivity index (χ2n) is 6.96. The van der Waals surface area contributed by atoms with Crippen molar-refractivity contribution in [3.05, 3.63) is 79.8 Å². The minimum atomic E-state index is -0.617. The van der Waals surface area contributed by atoms with E-state index in [0.717, 1.165) is 18.5 Å². The molecule has 7 heteroatoms. The average Bonchev–Trinajstić information content (AvgIpc) is 2.76. The number of para-hydroxylation sites is 1. The fourth-order valence-electron chi connectivity index (χ4n) is 3.65. The molecule has 0 fully saturated rings. The Hall–Kier alpha value is -3.58. The number of nitrogens with zero attached hydrogens (tertiary/aromatic N) is 2. The number of benzene rings is 2. The van der Waals surface area contributed by atoms with Crippen molar-refractivity contribution in [2.75, 3.05) is 13.1 Å². The van der Waals surface area contributed by atoms with Crippen molar-refractivity contribution in [1.29, 1.82) is 0 Å². The molecule has 0 aliphatic carbocycles. The minimum Gasteiger partial charge on any atom is -0.422 e. The van der Waals surface area contributed by atoms with Crippen molar-refractivity contribution in [3.63, 3.8) is 0 Å². The van der Waals surface area contributed by atoms with Crippen molar-refractivity contribution in [3.8, 4) is 11.1 Å². The van der Waals surface area contributed by atoms with Crippen molar-refractivity contribution >= 4 is 27.6 Å². The molecule has 4 aromatic rings. The monoisotopic (exact) mass is 404 g/mol. The van der Waals surface area contributed by atoms with Crippen LogP contribution in [0.25, 0.3) is 33.1 Å². The van der Waals surface area contributed by atoms with Gasteiger partial charge in [-0.05, 0) is 42.5 Å². The standard InChI is InChI=1S/C23H20N2O5/c1-3-25(4-2)13-18-19(24-28)10-9-15-16(12-21(26)30-22(15)18)17-11-14-7-5-6-8-20(14)29-23(17)27/h5-12H,3-4,13H2,1-2H3. The highest BCUT2D eigenvalue weighted by molar-refractivity contribution is 5.97. The Morgan fingerprint density at radius 1 is 0.933 bits per heavy atom. The molecule has 0 atom stereocenters. The lowest BCUT2D eigenvalue weighted by Gasteiger charge is -2.19. The molecule has 0 amide bonds. The van der Waals surface area contributed by atoms with Crippen LogP contribution < -0.4 is 11.3 Å². The van der Waals surface area contributed by atoms with Gasteiger partial charge in [0.1, 0.15) is 16.9 Å². The van der Waals surface area contributed by atoms with E-state index in [1.54, 1.807) is 30.3 Å². The maximum Gasteiger partial charge on any atom is 0.344 e. The van der Waals surface area contributed by atoms with Gasteiger partial charge in [0.15, 0.2) is 0 Å². The normalized spacial score (nSPS) is 11.4. The largest absolute Gasteiger partial charge is 0.422 e. The molecule has 2 aromatic carbocycles. The van der Waals surface area contributed by atoms with Gasteiger partial charge in [0.25, 0.3) is 0 Å². The summed E-state index contributed by atoms with van der Waals surface area (Å²) < 4.78 is 10.9. The Morgan fingerprint density at radius 2 is 1.70 bits per heavy atom. The van der Waals surface area contributed by atoms with Crippen LogP contribution in [0.3, 0.4) is 0 Å². The van der Waals surface area contributed by atoms with Crippen LogP contribution in [0.2, 0.25) is 0 Å². The van der Waals surface area contributed by atoms with Crippen LogP contribution in [-0.4, -0.2) is 18.0 Å². The van der Waals surface area contributed by atoms with Gasteiger partial charge in [0.05, 0.1) is 5.56 Å². The molecule has 0 radical (unpaired) electrons. The van der Waals surface area contributed by atoms with Crippen molar-refractivity contribution in [2.24, 2.45) is 5.18 Å². The van der Waals surface area contributed by atoms with Crippen LogP contribution >= 0.6 is 0 Å². The number of fused-ring (bicyclic) bond motifs is 2. The van der Waals surface area contributed by atoms with Crippen LogP contribution in [0.15, 0.2) is 72.1 Å². The van der Waals surface area contributed by atoms with Crippen LogP contribution in [0.5, 0.6) is 0 Å². The summed E-state index contributed by atoms with van der Waals surface area (Å²) in [6.45, 7) is 5.91. The molecule has 30 heavy (non-hydrogen) atoms. The van der Waals surface area contributed by atoms with E-state index in [9.17, 15) is 14.5 Å². The van der Waals surface area contributed by atoms with Gasteiger partial charge < -0.3 is 8.83 Å². The zero-order valence-corrected chi connectivity index (χ0v) is 16.7. The van der Waals surface area contributed by atoms with E-state index < -0.39 is 11.3 Å². The molecule has 0 aliphatic heterocycles. The molecular formula is C23H20N2O5. The van der Waals surface area contributed by atoms with Crippen LogP contribution in [-0.2, 0) is 6.54 Å². The third-order valence-corrected chi connectivity index (χ3v) is 5.30. The highest BCUT2D eigenvalue weighted by atomic mass is 16.4. The minimum absolute atomic E-state index is 0.209. The average molecular weight is 404 g/mol. The highest BCUT2D eigenvalue weighted by Gasteiger charge is 2.19.